The summed E-state index contributed by atoms with van der Waals surface area (Å²) in [6.07, 6.45) is 1.23. The van der Waals surface area contributed by atoms with Crippen LogP contribution in [0, 0.1) is 5.41 Å². The molecular weight excluding hydrogens is 216 g/mol. The lowest BCUT2D eigenvalue weighted by molar-refractivity contribution is 0.0468. The van der Waals surface area contributed by atoms with E-state index in [1.165, 1.54) is 17.9 Å². The highest BCUT2D eigenvalue weighted by molar-refractivity contribution is 7.99. The van der Waals surface area contributed by atoms with Crippen molar-refractivity contribution in [2.45, 2.75) is 52.6 Å². The van der Waals surface area contributed by atoms with Crippen LogP contribution in [-0.2, 0) is 0 Å². The molecule has 0 bridgehead atoms. The second-order valence-electron chi connectivity index (χ2n) is 6.14. The van der Waals surface area contributed by atoms with Gasteiger partial charge in [0.05, 0.1) is 0 Å². The van der Waals surface area contributed by atoms with E-state index < -0.39 is 0 Å². The van der Waals surface area contributed by atoms with Crippen molar-refractivity contribution >= 4 is 11.8 Å². The topological polar surface area (TPSA) is 29.3 Å². The molecular formula is C13H28N2S. The van der Waals surface area contributed by atoms with Crippen LogP contribution in [0.15, 0.2) is 0 Å². The zero-order valence-corrected chi connectivity index (χ0v) is 12.4. The molecule has 1 rings (SSSR count). The monoisotopic (exact) mass is 244 g/mol. The van der Waals surface area contributed by atoms with Gasteiger partial charge in [-0.1, -0.05) is 20.8 Å². The molecule has 0 radical (unpaired) electrons. The van der Waals surface area contributed by atoms with Crippen LogP contribution in [0.2, 0.25) is 0 Å². The Kier molecular flexibility index (Phi) is 4.73. The molecule has 1 unspecified atom stereocenters. The maximum Gasteiger partial charge on any atom is 0.0429 e. The van der Waals surface area contributed by atoms with Gasteiger partial charge in [0.2, 0.25) is 0 Å². The van der Waals surface area contributed by atoms with Crippen molar-refractivity contribution in [3.8, 4) is 0 Å². The summed E-state index contributed by atoms with van der Waals surface area (Å²) in [7, 11) is 0. The Hall–Kier alpha value is 0.270. The van der Waals surface area contributed by atoms with Gasteiger partial charge in [-0.3, -0.25) is 4.90 Å². The van der Waals surface area contributed by atoms with Gasteiger partial charge in [-0.25, -0.2) is 0 Å². The van der Waals surface area contributed by atoms with Crippen molar-refractivity contribution in [3.05, 3.63) is 0 Å². The molecule has 1 fully saturated rings. The first-order valence-corrected chi connectivity index (χ1v) is 7.57. The smallest absolute Gasteiger partial charge is 0.0429 e. The molecule has 1 atom stereocenters. The third-order valence-electron chi connectivity index (χ3n) is 3.62. The molecule has 2 N–H and O–H groups in total. The highest BCUT2D eigenvalue weighted by Crippen LogP contribution is 2.42. The molecule has 0 amide bonds. The average molecular weight is 244 g/mol. The van der Waals surface area contributed by atoms with Crippen LogP contribution in [-0.4, -0.2) is 41.1 Å². The third-order valence-corrected chi connectivity index (χ3v) is 5.35. The number of likely N-dealkylation sites (N-methyl/N-ethyl adjacent to an activating group) is 1. The number of nitrogens with two attached hydrogens (primary N) is 1. The molecule has 16 heavy (non-hydrogen) atoms. The summed E-state index contributed by atoms with van der Waals surface area (Å²) in [5.74, 6) is 2.46. The van der Waals surface area contributed by atoms with Crippen LogP contribution in [0.1, 0.15) is 41.0 Å². The predicted octanol–water partition coefficient (Wildman–Crippen LogP) is 2.58. The SMILES string of the molecule is CCN(C(C)C)C1(CN)CSCC(C)(C)C1. The number of hydrogen-bond acceptors (Lipinski definition) is 3. The Morgan fingerprint density at radius 1 is 1.31 bits per heavy atom. The van der Waals surface area contributed by atoms with E-state index in [1.807, 2.05) is 0 Å². The molecule has 0 spiro atoms. The van der Waals surface area contributed by atoms with Crippen LogP contribution in [0.4, 0.5) is 0 Å². The van der Waals surface area contributed by atoms with Crippen molar-refractivity contribution in [2.75, 3.05) is 24.6 Å². The number of rotatable bonds is 4. The highest BCUT2D eigenvalue weighted by Gasteiger charge is 2.43. The average Bonchev–Trinajstić information content (AvgIpc) is 2.16. The normalized spacial score (nSPS) is 30.0. The van der Waals surface area contributed by atoms with Crippen LogP contribution in [0.3, 0.4) is 0 Å². The molecule has 0 aromatic carbocycles. The minimum absolute atomic E-state index is 0.218. The Bertz CT molecular complexity index is 228. The summed E-state index contributed by atoms with van der Waals surface area (Å²) < 4.78 is 0. The molecule has 1 aliphatic rings. The molecule has 0 aromatic rings. The number of hydrogen-bond donors (Lipinski definition) is 1. The Morgan fingerprint density at radius 2 is 1.94 bits per heavy atom. The highest BCUT2D eigenvalue weighted by atomic mass is 32.2. The lowest BCUT2D eigenvalue weighted by Crippen LogP contribution is -2.61. The first kappa shape index (κ1) is 14.3. The van der Waals surface area contributed by atoms with Gasteiger partial charge in [0.1, 0.15) is 0 Å². The van der Waals surface area contributed by atoms with Crippen molar-refractivity contribution in [1.82, 2.24) is 4.90 Å². The van der Waals surface area contributed by atoms with E-state index in [9.17, 15) is 0 Å². The zero-order chi connectivity index (χ0) is 12.4. The van der Waals surface area contributed by atoms with Gasteiger partial charge < -0.3 is 5.73 Å². The van der Waals surface area contributed by atoms with Crippen molar-refractivity contribution in [1.29, 1.82) is 0 Å². The van der Waals surface area contributed by atoms with Gasteiger partial charge in [0, 0.05) is 23.9 Å². The standard InChI is InChI=1S/C13H28N2S/c1-6-15(11(2)3)13(8-14)7-12(4,5)9-16-10-13/h11H,6-10,14H2,1-5H3. The van der Waals surface area contributed by atoms with Gasteiger partial charge in [-0.2, -0.15) is 11.8 Å². The fraction of sp³-hybridized carbons (Fsp3) is 1.00. The summed E-state index contributed by atoms with van der Waals surface area (Å²) in [4.78, 5) is 2.60. The van der Waals surface area contributed by atoms with E-state index in [1.54, 1.807) is 0 Å². The molecule has 2 nitrogen and oxygen atoms in total. The minimum Gasteiger partial charge on any atom is -0.329 e. The summed E-state index contributed by atoms with van der Waals surface area (Å²) in [5.41, 5.74) is 6.76. The summed E-state index contributed by atoms with van der Waals surface area (Å²) in [6, 6.07) is 0.586. The third kappa shape index (κ3) is 2.93. The second-order valence-corrected chi connectivity index (χ2v) is 7.13. The first-order valence-electron chi connectivity index (χ1n) is 6.41. The lowest BCUT2D eigenvalue weighted by Gasteiger charge is -2.52. The van der Waals surface area contributed by atoms with E-state index in [0.29, 0.717) is 11.5 Å². The van der Waals surface area contributed by atoms with Gasteiger partial charge in [0.15, 0.2) is 0 Å². The second kappa shape index (κ2) is 5.28. The zero-order valence-electron chi connectivity index (χ0n) is 11.5. The maximum absolute atomic E-state index is 6.12. The molecule has 96 valence electrons. The fourth-order valence-corrected chi connectivity index (χ4v) is 4.71. The summed E-state index contributed by atoms with van der Waals surface area (Å²) >= 11 is 2.07. The molecule has 1 aliphatic heterocycles. The van der Waals surface area contributed by atoms with Gasteiger partial charge in [0.25, 0.3) is 0 Å². The van der Waals surface area contributed by atoms with Gasteiger partial charge in [-0.05, 0) is 38.0 Å². The predicted molar refractivity (Wildman–Crippen MR) is 75.0 cm³/mol. The van der Waals surface area contributed by atoms with Gasteiger partial charge >= 0.3 is 0 Å². The van der Waals surface area contributed by atoms with E-state index in [0.717, 1.165) is 13.1 Å². The quantitative estimate of drug-likeness (QED) is 0.824. The lowest BCUT2D eigenvalue weighted by atomic mass is 9.78. The molecule has 3 heteroatoms. The van der Waals surface area contributed by atoms with Crippen molar-refractivity contribution in [2.24, 2.45) is 11.1 Å². The Balaban J connectivity index is 2.91. The van der Waals surface area contributed by atoms with E-state index >= 15 is 0 Å². The molecule has 1 heterocycles. The Morgan fingerprint density at radius 3 is 2.31 bits per heavy atom. The van der Waals surface area contributed by atoms with Crippen LogP contribution < -0.4 is 5.73 Å². The van der Waals surface area contributed by atoms with E-state index in [4.69, 9.17) is 5.73 Å². The number of nitrogens with zero attached hydrogens (tertiary/aromatic N) is 1. The van der Waals surface area contributed by atoms with E-state index in [2.05, 4.69) is 51.3 Å². The van der Waals surface area contributed by atoms with Crippen LogP contribution in [0.5, 0.6) is 0 Å². The van der Waals surface area contributed by atoms with E-state index in [-0.39, 0.29) is 5.54 Å². The van der Waals surface area contributed by atoms with Crippen LogP contribution in [0.25, 0.3) is 0 Å². The van der Waals surface area contributed by atoms with Crippen LogP contribution >= 0.6 is 11.8 Å². The summed E-state index contributed by atoms with van der Waals surface area (Å²) in [5, 5.41) is 0. The number of thioether (sulfide) groups is 1. The molecule has 0 aromatic heterocycles. The fourth-order valence-electron chi connectivity index (χ4n) is 3.19. The van der Waals surface area contributed by atoms with Crippen molar-refractivity contribution < 1.29 is 0 Å². The van der Waals surface area contributed by atoms with Crippen molar-refractivity contribution in [3.63, 3.8) is 0 Å². The first-order chi connectivity index (χ1) is 7.37. The molecule has 1 saturated heterocycles. The molecule has 0 saturated carbocycles. The van der Waals surface area contributed by atoms with Gasteiger partial charge in [-0.15, -0.1) is 0 Å². The maximum atomic E-state index is 6.12. The molecule has 0 aliphatic carbocycles. The summed E-state index contributed by atoms with van der Waals surface area (Å²) in [6.45, 7) is 13.5. The Labute approximate surface area is 105 Å². The minimum atomic E-state index is 0.218. The largest absolute Gasteiger partial charge is 0.329 e.